The number of amides is 1. The van der Waals surface area contributed by atoms with E-state index in [1.807, 2.05) is 0 Å². The molecule has 1 rings (SSSR count). The SMILES string of the molecule is CCC(NCC(=O)N(C)C)c1ccc(C)cc1. The number of hydrogen-bond acceptors (Lipinski definition) is 2. The molecule has 0 aromatic heterocycles. The molecule has 0 fully saturated rings. The summed E-state index contributed by atoms with van der Waals surface area (Å²) >= 11 is 0. The number of rotatable bonds is 5. The van der Waals surface area contributed by atoms with Crippen LogP contribution in [0.25, 0.3) is 0 Å². The van der Waals surface area contributed by atoms with Gasteiger partial charge in [-0.05, 0) is 18.9 Å². The standard InChI is InChI=1S/C14H22N2O/c1-5-13(15-10-14(17)16(3)4)12-8-6-11(2)7-9-12/h6-9,13,15H,5,10H2,1-4H3. The topological polar surface area (TPSA) is 32.3 Å². The van der Waals surface area contributed by atoms with E-state index in [2.05, 4.69) is 43.4 Å². The van der Waals surface area contributed by atoms with Gasteiger partial charge in [0.05, 0.1) is 6.54 Å². The van der Waals surface area contributed by atoms with Crippen LogP contribution in [0, 0.1) is 6.92 Å². The number of likely N-dealkylation sites (N-methyl/N-ethyl adjacent to an activating group) is 1. The van der Waals surface area contributed by atoms with Crippen LogP contribution in [-0.2, 0) is 4.79 Å². The Hall–Kier alpha value is -1.35. The molecule has 0 radical (unpaired) electrons. The highest BCUT2D eigenvalue weighted by atomic mass is 16.2. The minimum atomic E-state index is 0.107. The molecule has 0 saturated carbocycles. The third kappa shape index (κ3) is 4.19. The van der Waals surface area contributed by atoms with Gasteiger partial charge in [0.1, 0.15) is 0 Å². The van der Waals surface area contributed by atoms with Gasteiger partial charge in [0.2, 0.25) is 5.91 Å². The molecule has 0 aliphatic heterocycles. The fourth-order valence-corrected chi connectivity index (χ4v) is 1.67. The first-order chi connectivity index (χ1) is 8.04. The van der Waals surface area contributed by atoms with Gasteiger partial charge in [-0.15, -0.1) is 0 Å². The number of hydrogen-bond donors (Lipinski definition) is 1. The maximum absolute atomic E-state index is 11.5. The maximum atomic E-state index is 11.5. The molecule has 1 amide bonds. The predicted octanol–water partition coefficient (Wildman–Crippen LogP) is 2.12. The molecule has 3 nitrogen and oxygen atoms in total. The lowest BCUT2D eigenvalue weighted by atomic mass is 10.0. The Morgan fingerprint density at radius 1 is 1.29 bits per heavy atom. The molecule has 3 heteroatoms. The number of benzene rings is 1. The van der Waals surface area contributed by atoms with Gasteiger partial charge in [0.15, 0.2) is 0 Å². The molecule has 0 bridgehead atoms. The van der Waals surface area contributed by atoms with Crippen molar-refractivity contribution in [2.75, 3.05) is 20.6 Å². The van der Waals surface area contributed by atoms with E-state index < -0.39 is 0 Å². The molecule has 0 spiro atoms. The summed E-state index contributed by atoms with van der Waals surface area (Å²) in [6.45, 7) is 4.59. The average Bonchev–Trinajstić information content (AvgIpc) is 2.31. The van der Waals surface area contributed by atoms with Gasteiger partial charge in [-0.1, -0.05) is 36.8 Å². The van der Waals surface area contributed by atoms with Gasteiger partial charge in [-0.25, -0.2) is 0 Å². The zero-order chi connectivity index (χ0) is 12.8. The second-order valence-corrected chi connectivity index (χ2v) is 4.54. The second-order valence-electron chi connectivity index (χ2n) is 4.54. The third-order valence-electron chi connectivity index (χ3n) is 2.89. The summed E-state index contributed by atoms with van der Waals surface area (Å²) in [5, 5.41) is 3.30. The summed E-state index contributed by atoms with van der Waals surface area (Å²) in [5.41, 5.74) is 2.50. The fourth-order valence-electron chi connectivity index (χ4n) is 1.67. The van der Waals surface area contributed by atoms with Crippen molar-refractivity contribution in [3.8, 4) is 0 Å². The van der Waals surface area contributed by atoms with Crippen molar-refractivity contribution in [2.45, 2.75) is 26.3 Å². The summed E-state index contributed by atoms with van der Waals surface area (Å²) in [7, 11) is 3.55. The van der Waals surface area contributed by atoms with E-state index in [0.717, 1.165) is 6.42 Å². The molecule has 1 unspecified atom stereocenters. The van der Waals surface area contributed by atoms with Crippen molar-refractivity contribution in [1.29, 1.82) is 0 Å². The zero-order valence-corrected chi connectivity index (χ0v) is 11.2. The van der Waals surface area contributed by atoms with Crippen LogP contribution in [0.15, 0.2) is 24.3 Å². The molecule has 0 saturated heterocycles. The Balaban J connectivity index is 2.60. The zero-order valence-electron chi connectivity index (χ0n) is 11.2. The summed E-state index contributed by atoms with van der Waals surface area (Å²) in [4.78, 5) is 13.1. The number of carbonyl (C=O) groups is 1. The van der Waals surface area contributed by atoms with Crippen molar-refractivity contribution in [1.82, 2.24) is 10.2 Å². The van der Waals surface area contributed by atoms with Crippen LogP contribution in [0.1, 0.15) is 30.5 Å². The molecule has 1 atom stereocenters. The van der Waals surface area contributed by atoms with Gasteiger partial charge in [0, 0.05) is 20.1 Å². The van der Waals surface area contributed by atoms with Crippen molar-refractivity contribution >= 4 is 5.91 Å². The molecular formula is C14H22N2O. The predicted molar refractivity (Wildman–Crippen MR) is 70.9 cm³/mol. The van der Waals surface area contributed by atoms with E-state index in [1.54, 1.807) is 19.0 Å². The van der Waals surface area contributed by atoms with E-state index in [9.17, 15) is 4.79 Å². The van der Waals surface area contributed by atoms with Crippen molar-refractivity contribution < 1.29 is 4.79 Å². The van der Waals surface area contributed by atoms with E-state index in [4.69, 9.17) is 0 Å². The first kappa shape index (κ1) is 13.7. The van der Waals surface area contributed by atoms with Crippen molar-refractivity contribution in [3.63, 3.8) is 0 Å². The molecule has 0 aliphatic rings. The van der Waals surface area contributed by atoms with Gasteiger partial charge in [-0.2, -0.15) is 0 Å². The quantitative estimate of drug-likeness (QED) is 0.846. The summed E-state index contributed by atoms with van der Waals surface area (Å²) in [6, 6.07) is 8.70. The van der Waals surface area contributed by atoms with Crippen LogP contribution >= 0.6 is 0 Å². The number of carbonyl (C=O) groups excluding carboxylic acids is 1. The van der Waals surface area contributed by atoms with Gasteiger partial charge in [-0.3, -0.25) is 4.79 Å². The molecule has 0 aliphatic carbocycles. The van der Waals surface area contributed by atoms with Crippen LogP contribution < -0.4 is 5.32 Å². The monoisotopic (exact) mass is 234 g/mol. The summed E-state index contributed by atoms with van der Waals surface area (Å²) in [5.74, 6) is 0.107. The average molecular weight is 234 g/mol. The Bertz CT molecular complexity index is 357. The minimum absolute atomic E-state index is 0.107. The molecule has 1 N–H and O–H groups in total. The van der Waals surface area contributed by atoms with Crippen LogP contribution in [0.3, 0.4) is 0 Å². The summed E-state index contributed by atoms with van der Waals surface area (Å²) in [6.07, 6.45) is 0.976. The van der Waals surface area contributed by atoms with Crippen molar-refractivity contribution in [2.24, 2.45) is 0 Å². The second kappa shape index (κ2) is 6.40. The highest BCUT2D eigenvalue weighted by Crippen LogP contribution is 2.16. The lowest BCUT2D eigenvalue weighted by molar-refractivity contribution is -0.127. The van der Waals surface area contributed by atoms with E-state index >= 15 is 0 Å². The van der Waals surface area contributed by atoms with Crippen LogP contribution in [0.5, 0.6) is 0 Å². The first-order valence-electron chi connectivity index (χ1n) is 6.04. The lowest BCUT2D eigenvalue weighted by Crippen LogP contribution is -2.34. The largest absolute Gasteiger partial charge is 0.348 e. The molecule has 0 heterocycles. The fraction of sp³-hybridized carbons (Fsp3) is 0.500. The molecule has 1 aromatic carbocycles. The van der Waals surface area contributed by atoms with Crippen LogP contribution in [0.4, 0.5) is 0 Å². The van der Waals surface area contributed by atoms with E-state index in [1.165, 1.54) is 11.1 Å². The highest BCUT2D eigenvalue weighted by molar-refractivity contribution is 5.77. The van der Waals surface area contributed by atoms with Crippen molar-refractivity contribution in [3.05, 3.63) is 35.4 Å². The summed E-state index contributed by atoms with van der Waals surface area (Å²) < 4.78 is 0. The van der Waals surface area contributed by atoms with Gasteiger partial charge >= 0.3 is 0 Å². The van der Waals surface area contributed by atoms with Gasteiger partial charge < -0.3 is 10.2 Å². The minimum Gasteiger partial charge on any atom is -0.348 e. The molecule has 17 heavy (non-hydrogen) atoms. The normalized spacial score (nSPS) is 12.2. The Labute approximate surface area is 104 Å². The maximum Gasteiger partial charge on any atom is 0.236 e. The highest BCUT2D eigenvalue weighted by Gasteiger charge is 2.11. The Kier molecular flexibility index (Phi) is 5.16. The van der Waals surface area contributed by atoms with E-state index in [-0.39, 0.29) is 11.9 Å². The van der Waals surface area contributed by atoms with E-state index in [0.29, 0.717) is 6.54 Å². The van der Waals surface area contributed by atoms with Gasteiger partial charge in [0.25, 0.3) is 0 Å². The van der Waals surface area contributed by atoms with Crippen LogP contribution in [-0.4, -0.2) is 31.4 Å². The molecular weight excluding hydrogens is 212 g/mol. The Morgan fingerprint density at radius 2 is 1.88 bits per heavy atom. The Morgan fingerprint density at radius 3 is 2.35 bits per heavy atom. The smallest absolute Gasteiger partial charge is 0.236 e. The molecule has 1 aromatic rings. The molecule has 94 valence electrons. The van der Waals surface area contributed by atoms with Crippen LogP contribution in [0.2, 0.25) is 0 Å². The number of nitrogens with one attached hydrogen (secondary N) is 1. The first-order valence-corrected chi connectivity index (χ1v) is 6.04. The third-order valence-corrected chi connectivity index (χ3v) is 2.89. The lowest BCUT2D eigenvalue weighted by Gasteiger charge is -2.19. The number of nitrogens with zero attached hydrogens (tertiary/aromatic N) is 1. The number of aryl methyl sites for hydroxylation is 1.